The van der Waals surface area contributed by atoms with Crippen molar-refractivity contribution in [3.63, 3.8) is 0 Å². The maximum Gasteiger partial charge on any atom is 0.254 e. The molecule has 6 heteroatoms. The SMILES string of the molecule is Cc1nc(N)c2ccc([C@@H]3CCCCN3C(=O)c3ccccc3)nc2n1. The fourth-order valence-electron chi connectivity index (χ4n) is 3.58. The topological polar surface area (TPSA) is 85.0 Å². The van der Waals surface area contributed by atoms with E-state index in [0.717, 1.165) is 36.9 Å². The van der Waals surface area contributed by atoms with Gasteiger partial charge in [-0.05, 0) is 50.5 Å². The maximum absolute atomic E-state index is 13.0. The smallest absolute Gasteiger partial charge is 0.254 e. The van der Waals surface area contributed by atoms with Crippen LogP contribution in [0.4, 0.5) is 5.82 Å². The summed E-state index contributed by atoms with van der Waals surface area (Å²) in [6.45, 7) is 2.54. The lowest BCUT2D eigenvalue weighted by atomic mass is 9.97. The number of pyridine rings is 1. The number of piperidine rings is 1. The summed E-state index contributed by atoms with van der Waals surface area (Å²) in [5.41, 5.74) is 8.14. The van der Waals surface area contributed by atoms with Crippen LogP contribution in [0, 0.1) is 6.92 Å². The summed E-state index contributed by atoms with van der Waals surface area (Å²) in [7, 11) is 0. The van der Waals surface area contributed by atoms with Crippen molar-refractivity contribution in [2.45, 2.75) is 32.2 Å². The molecule has 1 amide bonds. The highest BCUT2D eigenvalue weighted by molar-refractivity contribution is 5.94. The number of rotatable bonds is 2. The molecule has 1 saturated heterocycles. The number of benzene rings is 1. The van der Waals surface area contributed by atoms with Gasteiger partial charge in [0.15, 0.2) is 5.65 Å². The number of nitrogens with two attached hydrogens (primary N) is 1. The van der Waals surface area contributed by atoms with Gasteiger partial charge in [-0.1, -0.05) is 18.2 Å². The molecular formula is C20H21N5O. The number of aryl methyl sites for hydroxylation is 1. The molecule has 1 aromatic carbocycles. The predicted molar refractivity (Wildman–Crippen MR) is 101 cm³/mol. The Labute approximate surface area is 152 Å². The summed E-state index contributed by atoms with van der Waals surface area (Å²) in [6, 6.07) is 13.2. The van der Waals surface area contributed by atoms with Crippen molar-refractivity contribution in [2.24, 2.45) is 0 Å². The van der Waals surface area contributed by atoms with Gasteiger partial charge < -0.3 is 10.6 Å². The third kappa shape index (κ3) is 2.98. The fraction of sp³-hybridized carbons (Fsp3) is 0.300. The largest absolute Gasteiger partial charge is 0.383 e. The normalized spacial score (nSPS) is 17.4. The third-order valence-electron chi connectivity index (χ3n) is 4.85. The van der Waals surface area contributed by atoms with E-state index in [1.165, 1.54) is 0 Å². The second-order valence-electron chi connectivity index (χ2n) is 6.64. The van der Waals surface area contributed by atoms with E-state index in [1.54, 1.807) is 6.92 Å². The summed E-state index contributed by atoms with van der Waals surface area (Å²) in [5, 5.41) is 0.746. The Kier molecular flexibility index (Phi) is 4.24. The fourth-order valence-corrected chi connectivity index (χ4v) is 3.58. The quantitative estimate of drug-likeness (QED) is 0.769. The number of likely N-dealkylation sites (tertiary alicyclic amines) is 1. The van der Waals surface area contributed by atoms with E-state index in [1.807, 2.05) is 47.4 Å². The molecule has 0 spiro atoms. The summed E-state index contributed by atoms with van der Waals surface area (Å²) >= 11 is 0. The second kappa shape index (κ2) is 6.71. The van der Waals surface area contributed by atoms with E-state index >= 15 is 0 Å². The lowest BCUT2D eigenvalue weighted by molar-refractivity contribution is 0.0606. The number of hydrogen-bond acceptors (Lipinski definition) is 5. The number of nitrogen functional groups attached to an aromatic ring is 1. The van der Waals surface area contributed by atoms with E-state index in [4.69, 9.17) is 10.7 Å². The first-order valence-electron chi connectivity index (χ1n) is 8.90. The molecule has 0 aliphatic carbocycles. The van der Waals surface area contributed by atoms with Crippen molar-refractivity contribution < 1.29 is 4.79 Å². The van der Waals surface area contributed by atoms with Crippen molar-refractivity contribution >= 4 is 22.8 Å². The first-order chi connectivity index (χ1) is 12.6. The molecule has 2 N–H and O–H groups in total. The van der Waals surface area contributed by atoms with Gasteiger partial charge in [0.05, 0.1) is 17.1 Å². The van der Waals surface area contributed by atoms with Gasteiger partial charge in [-0.2, -0.15) is 0 Å². The minimum Gasteiger partial charge on any atom is -0.383 e. The van der Waals surface area contributed by atoms with Gasteiger partial charge in [0.25, 0.3) is 5.91 Å². The Balaban J connectivity index is 1.72. The zero-order chi connectivity index (χ0) is 18.1. The minimum atomic E-state index is -0.0441. The van der Waals surface area contributed by atoms with Gasteiger partial charge in [-0.15, -0.1) is 0 Å². The van der Waals surface area contributed by atoms with Gasteiger partial charge in [0.1, 0.15) is 11.6 Å². The van der Waals surface area contributed by atoms with E-state index in [2.05, 4.69) is 9.97 Å². The molecule has 0 saturated carbocycles. The zero-order valence-corrected chi connectivity index (χ0v) is 14.7. The molecule has 4 rings (SSSR count). The highest BCUT2D eigenvalue weighted by Crippen LogP contribution is 2.32. The Morgan fingerprint density at radius 1 is 1.08 bits per heavy atom. The number of amides is 1. The Morgan fingerprint density at radius 3 is 2.69 bits per heavy atom. The maximum atomic E-state index is 13.0. The Hall–Kier alpha value is -3.02. The van der Waals surface area contributed by atoms with Gasteiger partial charge >= 0.3 is 0 Å². The van der Waals surface area contributed by atoms with Crippen molar-refractivity contribution in [3.8, 4) is 0 Å². The van der Waals surface area contributed by atoms with Gasteiger partial charge in [-0.25, -0.2) is 15.0 Å². The van der Waals surface area contributed by atoms with Crippen LogP contribution >= 0.6 is 0 Å². The standard InChI is InChI=1S/C20H21N5O/c1-13-22-18(21)15-10-11-16(24-19(15)23-13)17-9-5-6-12-25(17)20(26)14-7-3-2-4-8-14/h2-4,7-8,10-11,17H,5-6,9,12H2,1H3,(H2,21,22,23,24)/t17-/m0/s1. The number of anilines is 1. The number of aromatic nitrogens is 3. The van der Waals surface area contributed by atoms with Gasteiger partial charge in [0.2, 0.25) is 0 Å². The van der Waals surface area contributed by atoms with Crippen LogP contribution in [-0.4, -0.2) is 32.3 Å². The van der Waals surface area contributed by atoms with E-state index < -0.39 is 0 Å². The van der Waals surface area contributed by atoms with Gasteiger partial charge in [0, 0.05) is 12.1 Å². The molecule has 0 bridgehead atoms. The highest BCUT2D eigenvalue weighted by atomic mass is 16.2. The molecule has 3 aromatic rings. The average Bonchev–Trinajstić information content (AvgIpc) is 2.67. The van der Waals surface area contributed by atoms with Crippen molar-refractivity contribution in [1.29, 1.82) is 0 Å². The number of nitrogens with zero attached hydrogens (tertiary/aromatic N) is 4. The number of carbonyl (C=O) groups is 1. The van der Waals surface area contributed by atoms with Crippen LogP contribution in [0.15, 0.2) is 42.5 Å². The van der Waals surface area contributed by atoms with Crippen LogP contribution < -0.4 is 5.73 Å². The van der Waals surface area contributed by atoms with Crippen molar-refractivity contribution in [3.05, 3.63) is 59.5 Å². The molecule has 3 heterocycles. The lowest BCUT2D eigenvalue weighted by Crippen LogP contribution is -2.38. The monoisotopic (exact) mass is 347 g/mol. The highest BCUT2D eigenvalue weighted by Gasteiger charge is 2.29. The first kappa shape index (κ1) is 16.4. The number of fused-ring (bicyclic) bond motifs is 1. The van der Waals surface area contributed by atoms with Crippen LogP contribution in [0.25, 0.3) is 11.0 Å². The van der Waals surface area contributed by atoms with Crippen LogP contribution in [0.3, 0.4) is 0 Å². The second-order valence-corrected chi connectivity index (χ2v) is 6.64. The summed E-state index contributed by atoms with van der Waals surface area (Å²) in [5.74, 6) is 1.09. The van der Waals surface area contributed by atoms with E-state index in [9.17, 15) is 4.79 Å². The summed E-state index contributed by atoms with van der Waals surface area (Å²) in [4.78, 5) is 28.3. The lowest BCUT2D eigenvalue weighted by Gasteiger charge is -2.35. The molecule has 1 atom stereocenters. The van der Waals surface area contributed by atoms with Crippen molar-refractivity contribution in [1.82, 2.24) is 19.9 Å². The third-order valence-corrected chi connectivity index (χ3v) is 4.85. The minimum absolute atomic E-state index is 0.0441. The molecule has 6 nitrogen and oxygen atoms in total. The summed E-state index contributed by atoms with van der Waals surface area (Å²) in [6.07, 6.45) is 2.99. The van der Waals surface area contributed by atoms with Crippen LogP contribution in [-0.2, 0) is 0 Å². The Bertz CT molecular complexity index is 957. The zero-order valence-electron chi connectivity index (χ0n) is 14.7. The molecule has 1 aliphatic rings. The van der Waals surface area contributed by atoms with Crippen LogP contribution in [0.2, 0.25) is 0 Å². The molecule has 132 valence electrons. The summed E-state index contributed by atoms with van der Waals surface area (Å²) < 4.78 is 0. The predicted octanol–water partition coefficient (Wildman–Crippen LogP) is 3.28. The first-order valence-corrected chi connectivity index (χ1v) is 8.90. The number of hydrogen-bond donors (Lipinski definition) is 1. The van der Waals surface area contributed by atoms with Gasteiger partial charge in [-0.3, -0.25) is 4.79 Å². The molecule has 1 fully saturated rings. The number of carbonyl (C=O) groups excluding carboxylic acids is 1. The van der Waals surface area contributed by atoms with Crippen molar-refractivity contribution in [2.75, 3.05) is 12.3 Å². The molecule has 26 heavy (non-hydrogen) atoms. The van der Waals surface area contributed by atoms with E-state index in [-0.39, 0.29) is 11.9 Å². The average molecular weight is 347 g/mol. The molecule has 1 aliphatic heterocycles. The molecule has 0 unspecified atom stereocenters. The van der Waals surface area contributed by atoms with E-state index in [0.29, 0.717) is 22.9 Å². The molecule has 0 radical (unpaired) electrons. The molecular weight excluding hydrogens is 326 g/mol. The Morgan fingerprint density at radius 2 is 1.88 bits per heavy atom. The van der Waals surface area contributed by atoms with Crippen LogP contribution in [0.5, 0.6) is 0 Å². The molecule has 2 aromatic heterocycles. The van der Waals surface area contributed by atoms with Crippen LogP contribution in [0.1, 0.15) is 47.2 Å².